The van der Waals surface area contributed by atoms with E-state index < -0.39 is 0 Å². The van der Waals surface area contributed by atoms with Gasteiger partial charge in [-0.1, -0.05) is 12.1 Å². The van der Waals surface area contributed by atoms with E-state index in [-0.39, 0.29) is 11.7 Å². The molecule has 1 amide bonds. The molecule has 4 nitrogen and oxygen atoms in total. The molecule has 0 radical (unpaired) electrons. The molecule has 0 aliphatic carbocycles. The molecule has 1 saturated heterocycles. The van der Waals surface area contributed by atoms with Crippen LogP contribution < -0.4 is 5.32 Å². The fourth-order valence-corrected chi connectivity index (χ4v) is 2.44. The minimum Gasteiger partial charge on any atom is -0.508 e. The number of aromatic hydroxyl groups is 1. The number of carbonyl (C=O) groups is 1. The minimum absolute atomic E-state index is 0.0979. The lowest BCUT2D eigenvalue weighted by Crippen LogP contribution is -2.25. The van der Waals surface area contributed by atoms with Crippen LogP contribution in [0, 0.1) is 5.92 Å². The summed E-state index contributed by atoms with van der Waals surface area (Å²) in [6, 6.07) is 7.00. The summed E-state index contributed by atoms with van der Waals surface area (Å²) >= 11 is 0. The Morgan fingerprint density at radius 3 is 2.85 bits per heavy atom. The van der Waals surface area contributed by atoms with Gasteiger partial charge in [-0.05, 0) is 49.3 Å². The van der Waals surface area contributed by atoms with Crippen LogP contribution in [0.3, 0.4) is 0 Å². The Bertz CT molecular complexity index is 410. The van der Waals surface area contributed by atoms with E-state index in [4.69, 9.17) is 4.74 Å². The summed E-state index contributed by atoms with van der Waals surface area (Å²) in [4.78, 5) is 11.7. The van der Waals surface area contributed by atoms with Crippen LogP contribution in [-0.2, 0) is 16.0 Å². The van der Waals surface area contributed by atoms with Gasteiger partial charge in [-0.15, -0.1) is 0 Å². The predicted molar refractivity (Wildman–Crippen MR) is 77.6 cm³/mol. The summed E-state index contributed by atoms with van der Waals surface area (Å²) < 4.78 is 5.33. The summed E-state index contributed by atoms with van der Waals surface area (Å²) in [5.41, 5.74) is 1.07. The van der Waals surface area contributed by atoms with Gasteiger partial charge in [0, 0.05) is 26.2 Å². The highest BCUT2D eigenvalue weighted by atomic mass is 16.5. The Labute approximate surface area is 120 Å². The SMILES string of the molecule is O=C(CCc1ccc(O)cc1)NCCC[C@@H]1CCOC1. The number of phenols is 1. The first-order valence-electron chi connectivity index (χ1n) is 7.36. The molecule has 4 heteroatoms. The van der Waals surface area contributed by atoms with Crippen molar-refractivity contribution in [2.75, 3.05) is 19.8 Å². The molecule has 1 aromatic rings. The Morgan fingerprint density at radius 2 is 2.15 bits per heavy atom. The molecule has 1 aromatic carbocycles. The number of benzene rings is 1. The molecular formula is C16H23NO3. The van der Waals surface area contributed by atoms with Crippen molar-refractivity contribution in [3.63, 3.8) is 0 Å². The molecule has 0 spiro atoms. The molecule has 0 aromatic heterocycles. The van der Waals surface area contributed by atoms with Crippen LogP contribution in [-0.4, -0.2) is 30.8 Å². The van der Waals surface area contributed by atoms with Crippen LogP contribution in [0.4, 0.5) is 0 Å². The maximum absolute atomic E-state index is 11.7. The second-order valence-corrected chi connectivity index (χ2v) is 5.39. The molecule has 2 rings (SSSR count). The highest BCUT2D eigenvalue weighted by Gasteiger charge is 2.14. The van der Waals surface area contributed by atoms with Gasteiger partial charge in [-0.25, -0.2) is 0 Å². The van der Waals surface area contributed by atoms with Gasteiger partial charge in [-0.3, -0.25) is 4.79 Å². The first-order chi connectivity index (χ1) is 9.74. The largest absolute Gasteiger partial charge is 0.508 e. The van der Waals surface area contributed by atoms with Crippen LogP contribution in [0.5, 0.6) is 5.75 Å². The normalized spacial score (nSPS) is 18.1. The second-order valence-electron chi connectivity index (χ2n) is 5.39. The molecule has 1 aliphatic heterocycles. The number of hydrogen-bond acceptors (Lipinski definition) is 3. The number of ether oxygens (including phenoxy) is 1. The molecule has 0 unspecified atom stereocenters. The van der Waals surface area contributed by atoms with E-state index in [2.05, 4.69) is 5.32 Å². The van der Waals surface area contributed by atoms with E-state index in [9.17, 15) is 9.90 Å². The van der Waals surface area contributed by atoms with Crippen molar-refractivity contribution in [3.8, 4) is 5.75 Å². The van der Waals surface area contributed by atoms with Gasteiger partial charge in [0.05, 0.1) is 0 Å². The Morgan fingerprint density at radius 1 is 1.35 bits per heavy atom. The molecule has 2 N–H and O–H groups in total. The lowest BCUT2D eigenvalue weighted by molar-refractivity contribution is -0.121. The van der Waals surface area contributed by atoms with Gasteiger partial charge in [0.1, 0.15) is 5.75 Å². The average molecular weight is 277 g/mol. The van der Waals surface area contributed by atoms with E-state index in [1.54, 1.807) is 12.1 Å². The third kappa shape index (κ3) is 5.21. The Kier molecular flexibility index (Phi) is 5.87. The number of phenolic OH excluding ortho intramolecular Hbond substituents is 1. The van der Waals surface area contributed by atoms with Gasteiger partial charge >= 0.3 is 0 Å². The number of amides is 1. The number of hydrogen-bond donors (Lipinski definition) is 2. The maximum atomic E-state index is 11.7. The summed E-state index contributed by atoms with van der Waals surface area (Å²) in [6.07, 6.45) is 4.53. The lowest BCUT2D eigenvalue weighted by atomic mass is 10.0. The number of aryl methyl sites for hydroxylation is 1. The molecule has 1 heterocycles. The first-order valence-corrected chi connectivity index (χ1v) is 7.36. The number of rotatable bonds is 7. The molecule has 20 heavy (non-hydrogen) atoms. The Hall–Kier alpha value is -1.55. The third-order valence-corrected chi connectivity index (χ3v) is 3.71. The van der Waals surface area contributed by atoms with Crippen molar-refractivity contribution in [2.24, 2.45) is 5.92 Å². The van der Waals surface area contributed by atoms with E-state index in [0.29, 0.717) is 18.8 Å². The average Bonchev–Trinajstić information content (AvgIpc) is 2.96. The fraction of sp³-hybridized carbons (Fsp3) is 0.562. The van der Waals surface area contributed by atoms with Crippen molar-refractivity contribution in [2.45, 2.75) is 32.1 Å². The molecule has 110 valence electrons. The molecular weight excluding hydrogens is 254 g/mol. The zero-order chi connectivity index (χ0) is 14.2. The van der Waals surface area contributed by atoms with Gasteiger partial charge in [0.25, 0.3) is 0 Å². The molecule has 0 bridgehead atoms. The minimum atomic E-state index is 0.0979. The topological polar surface area (TPSA) is 58.6 Å². The van der Waals surface area contributed by atoms with E-state index >= 15 is 0 Å². The van der Waals surface area contributed by atoms with Crippen molar-refractivity contribution in [1.82, 2.24) is 5.32 Å². The Balaban J connectivity index is 1.54. The fourth-order valence-electron chi connectivity index (χ4n) is 2.44. The van der Waals surface area contributed by atoms with E-state index in [1.165, 1.54) is 0 Å². The van der Waals surface area contributed by atoms with Crippen LogP contribution in [0.15, 0.2) is 24.3 Å². The summed E-state index contributed by atoms with van der Waals surface area (Å²) in [7, 11) is 0. The van der Waals surface area contributed by atoms with Gasteiger partial charge in [0.2, 0.25) is 5.91 Å². The van der Waals surface area contributed by atoms with E-state index in [0.717, 1.165) is 44.6 Å². The van der Waals surface area contributed by atoms with Crippen molar-refractivity contribution < 1.29 is 14.6 Å². The van der Waals surface area contributed by atoms with Crippen molar-refractivity contribution in [3.05, 3.63) is 29.8 Å². The molecule has 1 atom stereocenters. The molecule has 0 saturated carbocycles. The van der Waals surface area contributed by atoms with Crippen LogP contribution in [0.25, 0.3) is 0 Å². The molecule has 1 aliphatic rings. The molecule has 1 fully saturated rings. The maximum Gasteiger partial charge on any atom is 0.220 e. The van der Waals surface area contributed by atoms with E-state index in [1.807, 2.05) is 12.1 Å². The van der Waals surface area contributed by atoms with Gasteiger partial charge < -0.3 is 15.2 Å². The van der Waals surface area contributed by atoms with Gasteiger partial charge in [0.15, 0.2) is 0 Å². The number of nitrogens with one attached hydrogen (secondary N) is 1. The van der Waals surface area contributed by atoms with Crippen LogP contribution in [0.1, 0.15) is 31.2 Å². The lowest BCUT2D eigenvalue weighted by Gasteiger charge is -2.08. The smallest absolute Gasteiger partial charge is 0.220 e. The second kappa shape index (κ2) is 7.90. The van der Waals surface area contributed by atoms with Crippen LogP contribution in [0.2, 0.25) is 0 Å². The highest BCUT2D eigenvalue weighted by molar-refractivity contribution is 5.76. The quantitative estimate of drug-likeness (QED) is 0.752. The van der Waals surface area contributed by atoms with Crippen molar-refractivity contribution in [1.29, 1.82) is 0 Å². The standard InChI is InChI=1S/C16H23NO3/c18-15-6-3-13(4-7-15)5-8-16(19)17-10-1-2-14-9-11-20-12-14/h3-4,6-7,14,18H,1-2,5,8-12H2,(H,17,19)/t14-/m1/s1. The predicted octanol–water partition coefficient (Wildman–Crippen LogP) is 2.26. The summed E-state index contributed by atoms with van der Waals surface area (Å²) in [5, 5.41) is 12.1. The summed E-state index contributed by atoms with van der Waals surface area (Å²) in [6.45, 7) is 2.53. The third-order valence-electron chi connectivity index (χ3n) is 3.71. The highest BCUT2D eigenvalue weighted by Crippen LogP contribution is 2.17. The monoisotopic (exact) mass is 277 g/mol. The zero-order valence-corrected chi connectivity index (χ0v) is 11.8. The van der Waals surface area contributed by atoms with Gasteiger partial charge in [-0.2, -0.15) is 0 Å². The number of carbonyl (C=O) groups excluding carboxylic acids is 1. The summed E-state index contributed by atoms with van der Waals surface area (Å²) in [5.74, 6) is 1.04. The van der Waals surface area contributed by atoms with Crippen molar-refractivity contribution >= 4 is 5.91 Å². The zero-order valence-electron chi connectivity index (χ0n) is 11.8. The van der Waals surface area contributed by atoms with Crippen LogP contribution >= 0.6 is 0 Å². The first kappa shape index (κ1) is 14.9.